The van der Waals surface area contributed by atoms with Crippen molar-refractivity contribution in [1.82, 2.24) is 15.0 Å². The summed E-state index contributed by atoms with van der Waals surface area (Å²) in [5.41, 5.74) is 2.76. The Hall–Kier alpha value is -1.88. The van der Waals surface area contributed by atoms with Crippen molar-refractivity contribution in [2.45, 2.75) is 59.1 Å². The van der Waals surface area contributed by atoms with Crippen LogP contribution < -0.4 is 4.74 Å². The van der Waals surface area contributed by atoms with Gasteiger partial charge in [0.05, 0.1) is 18.9 Å². The van der Waals surface area contributed by atoms with Gasteiger partial charge in [0.15, 0.2) is 0 Å². The Morgan fingerprint density at radius 2 is 1.91 bits per heavy atom. The lowest BCUT2D eigenvalue weighted by molar-refractivity contribution is 0.272. The molecule has 23 heavy (non-hydrogen) atoms. The number of benzene rings is 1. The Morgan fingerprint density at radius 1 is 1.17 bits per heavy atom. The van der Waals surface area contributed by atoms with Gasteiger partial charge in [0, 0.05) is 12.0 Å². The quantitative estimate of drug-likeness (QED) is 0.796. The predicted octanol–water partition coefficient (Wildman–Crippen LogP) is 3.24. The van der Waals surface area contributed by atoms with Gasteiger partial charge >= 0.3 is 0 Å². The van der Waals surface area contributed by atoms with E-state index in [9.17, 15) is 5.11 Å². The van der Waals surface area contributed by atoms with Crippen LogP contribution in [-0.2, 0) is 18.6 Å². The number of para-hydroxylation sites is 1. The lowest BCUT2D eigenvalue weighted by atomic mass is 9.90. The van der Waals surface area contributed by atoms with Crippen LogP contribution in [0.3, 0.4) is 0 Å². The van der Waals surface area contributed by atoms with Crippen LogP contribution in [0.4, 0.5) is 0 Å². The van der Waals surface area contributed by atoms with Crippen LogP contribution in [0.5, 0.6) is 5.75 Å². The van der Waals surface area contributed by atoms with Gasteiger partial charge in [-0.25, -0.2) is 4.68 Å². The highest BCUT2D eigenvalue weighted by atomic mass is 16.5. The van der Waals surface area contributed by atoms with Crippen molar-refractivity contribution in [3.05, 3.63) is 41.2 Å². The number of nitrogens with zero attached hydrogens (tertiary/aromatic N) is 3. The number of aliphatic hydroxyl groups excluding tert-OH is 1. The van der Waals surface area contributed by atoms with E-state index in [2.05, 4.69) is 44.1 Å². The zero-order valence-electron chi connectivity index (χ0n) is 14.5. The first-order chi connectivity index (χ1) is 10.9. The van der Waals surface area contributed by atoms with Crippen LogP contribution >= 0.6 is 0 Å². The first-order valence-electron chi connectivity index (χ1n) is 8.15. The molecular weight excluding hydrogens is 290 g/mol. The molecule has 0 unspecified atom stereocenters. The number of aliphatic hydroxyl groups is 1. The summed E-state index contributed by atoms with van der Waals surface area (Å²) >= 11 is 0. The SMILES string of the molecule is Cc1ccccc1OCCCCn1nnc(CO)c1C(C)(C)C. The molecule has 0 saturated heterocycles. The molecule has 1 N–H and O–H groups in total. The molecule has 0 amide bonds. The molecule has 0 aliphatic carbocycles. The number of aromatic nitrogens is 3. The van der Waals surface area contributed by atoms with E-state index in [4.69, 9.17) is 4.74 Å². The van der Waals surface area contributed by atoms with Crippen molar-refractivity contribution in [2.24, 2.45) is 0 Å². The summed E-state index contributed by atoms with van der Waals surface area (Å²) in [6, 6.07) is 8.05. The number of rotatable bonds is 7. The molecular formula is C18H27N3O2. The summed E-state index contributed by atoms with van der Waals surface area (Å²) in [6.07, 6.45) is 1.91. The van der Waals surface area contributed by atoms with Crippen LogP contribution in [0.25, 0.3) is 0 Å². The Kier molecular flexibility index (Phi) is 5.77. The largest absolute Gasteiger partial charge is 0.493 e. The minimum atomic E-state index is -0.0841. The van der Waals surface area contributed by atoms with E-state index in [1.165, 1.54) is 0 Å². The third-order valence-electron chi connectivity index (χ3n) is 3.78. The van der Waals surface area contributed by atoms with E-state index in [1.807, 2.05) is 22.9 Å². The topological polar surface area (TPSA) is 60.2 Å². The molecule has 1 aromatic heterocycles. The van der Waals surface area contributed by atoms with Crippen molar-refractivity contribution in [2.75, 3.05) is 6.61 Å². The van der Waals surface area contributed by atoms with Gasteiger partial charge in [0.1, 0.15) is 11.4 Å². The summed E-state index contributed by atoms with van der Waals surface area (Å²) < 4.78 is 7.73. The molecule has 0 radical (unpaired) electrons. The van der Waals surface area contributed by atoms with Crippen LogP contribution in [0.1, 0.15) is 50.6 Å². The number of unbranched alkanes of at least 4 members (excludes halogenated alkanes) is 1. The highest BCUT2D eigenvalue weighted by Crippen LogP contribution is 2.25. The lowest BCUT2D eigenvalue weighted by Gasteiger charge is -2.21. The molecule has 0 atom stereocenters. The summed E-state index contributed by atoms with van der Waals surface area (Å²) in [5.74, 6) is 0.950. The van der Waals surface area contributed by atoms with Gasteiger partial charge in [0.25, 0.3) is 0 Å². The fourth-order valence-electron chi connectivity index (χ4n) is 2.70. The third-order valence-corrected chi connectivity index (χ3v) is 3.78. The number of hydrogen-bond acceptors (Lipinski definition) is 4. The molecule has 126 valence electrons. The maximum Gasteiger partial charge on any atom is 0.122 e. The van der Waals surface area contributed by atoms with Crippen molar-refractivity contribution < 1.29 is 9.84 Å². The van der Waals surface area contributed by atoms with Crippen molar-refractivity contribution in [1.29, 1.82) is 0 Å². The van der Waals surface area contributed by atoms with Crippen LogP contribution in [0.2, 0.25) is 0 Å². The van der Waals surface area contributed by atoms with Gasteiger partial charge in [-0.1, -0.05) is 44.2 Å². The van der Waals surface area contributed by atoms with Gasteiger partial charge in [-0.05, 0) is 31.4 Å². The normalized spacial score (nSPS) is 11.7. The molecule has 0 spiro atoms. The van der Waals surface area contributed by atoms with Crippen molar-refractivity contribution >= 4 is 0 Å². The van der Waals surface area contributed by atoms with Gasteiger partial charge in [-0.3, -0.25) is 0 Å². The highest BCUT2D eigenvalue weighted by molar-refractivity contribution is 5.31. The Morgan fingerprint density at radius 3 is 2.57 bits per heavy atom. The summed E-state index contributed by atoms with van der Waals surface area (Å²) in [6.45, 7) is 9.81. The number of hydrogen-bond donors (Lipinski definition) is 1. The first kappa shape index (κ1) is 17.5. The van der Waals surface area contributed by atoms with E-state index >= 15 is 0 Å². The molecule has 5 nitrogen and oxygen atoms in total. The smallest absolute Gasteiger partial charge is 0.122 e. The molecule has 1 heterocycles. The molecule has 0 fully saturated rings. The summed E-state index contributed by atoms with van der Waals surface area (Å²) in [5, 5.41) is 17.7. The van der Waals surface area contributed by atoms with E-state index in [0.29, 0.717) is 12.3 Å². The van der Waals surface area contributed by atoms with E-state index in [0.717, 1.165) is 36.4 Å². The third kappa shape index (κ3) is 4.55. The highest BCUT2D eigenvalue weighted by Gasteiger charge is 2.24. The monoisotopic (exact) mass is 317 g/mol. The second-order valence-electron chi connectivity index (χ2n) is 6.84. The molecule has 1 aromatic carbocycles. The lowest BCUT2D eigenvalue weighted by Crippen LogP contribution is -2.20. The molecule has 0 bridgehead atoms. The molecule has 0 saturated carbocycles. The van der Waals surface area contributed by atoms with E-state index in [1.54, 1.807) is 0 Å². The standard InChI is InChI=1S/C18H27N3O2/c1-14-9-5-6-10-16(14)23-12-8-7-11-21-17(18(2,3)4)15(13-22)19-20-21/h5-6,9-10,22H,7-8,11-13H2,1-4H3. The Balaban J connectivity index is 1.85. The molecule has 2 rings (SSSR count). The maximum atomic E-state index is 9.42. The summed E-state index contributed by atoms with van der Waals surface area (Å²) in [4.78, 5) is 0. The number of ether oxygens (including phenoxy) is 1. The average Bonchev–Trinajstić information content (AvgIpc) is 2.92. The molecule has 0 aliphatic heterocycles. The first-order valence-corrected chi connectivity index (χ1v) is 8.15. The zero-order chi connectivity index (χ0) is 16.9. The fourth-order valence-corrected chi connectivity index (χ4v) is 2.70. The van der Waals surface area contributed by atoms with Crippen LogP contribution in [-0.4, -0.2) is 26.7 Å². The second-order valence-corrected chi connectivity index (χ2v) is 6.84. The van der Waals surface area contributed by atoms with E-state index in [-0.39, 0.29) is 12.0 Å². The molecule has 0 aliphatic rings. The van der Waals surface area contributed by atoms with Crippen LogP contribution in [0, 0.1) is 6.92 Å². The second kappa shape index (κ2) is 7.59. The predicted molar refractivity (Wildman–Crippen MR) is 90.6 cm³/mol. The van der Waals surface area contributed by atoms with E-state index < -0.39 is 0 Å². The van der Waals surface area contributed by atoms with Gasteiger partial charge in [-0.2, -0.15) is 0 Å². The fraction of sp³-hybridized carbons (Fsp3) is 0.556. The Labute approximate surface area is 138 Å². The van der Waals surface area contributed by atoms with Crippen molar-refractivity contribution in [3.63, 3.8) is 0 Å². The number of aryl methyl sites for hydroxylation is 2. The minimum Gasteiger partial charge on any atom is -0.493 e. The zero-order valence-corrected chi connectivity index (χ0v) is 14.5. The molecule has 5 heteroatoms. The molecule has 2 aromatic rings. The van der Waals surface area contributed by atoms with Crippen molar-refractivity contribution in [3.8, 4) is 5.75 Å². The van der Waals surface area contributed by atoms with Gasteiger partial charge < -0.3 is 9.84 Å². The Bertz CT molecular complexity index is 629. The maximum absolute atomic E-state index is 9.42. The summed E-state index contributed by atoms with van der Waals surface area (Å²) in [7, 11) is 0. The minimum absolute atomic E-state index is 0.0665. The van der Waals surface area contributed by atoms with Gasteiger partial charge in [0.2, 0.25) is 0 Å². The average molecular weight is 317 g/mol. The van der Waals surface area contributed by atoms with Crippen LogP contribution in [0.15, 0.2) is 24.3 Å². The van der Waals surface area contributed by atoms with Gasteiger partial charge in [-0.15, -0.1) is 5.10 Å².